The smallest absolute Gasteiger partial charge is 0.258 e. The van der Waals surface area contributed by atoms with Crippen LogP contribution in [-0.2, 0) is 10.0 Å². The predicted molar refractivity (Wildman–Crippen MR) is 157 cm³/mol. The molecule has 1 N–H and O–H groups in total. The summed E-state index contributed by atoms with van der Waals surface area (Å²) in [4.78, 5) is 7.24. The molecule has 1 saturated heterocycles. The van der Waals surface area contributed by atoms with E-state index < -0.39 is 15.8 Å². The zero-order valence-corrected chi connectivity index (χ0v) is 24.3. The first-order chi connectivity index (χ1) is 19.3. The van der Waals surface area contributed by atoms with Crippen molar-refractivity contribution >= 4 is 38.4 Å². The fourth-order valence-electron chi connectivity index (χ4n) is 5.00. The first-order valence-corrected chi connectivity index (χ1v) is 16.0. The van der Waals surface area contributed by atoms with Gasteiger partial charge in [-0.2, -0.15) is 0 Å². The normalized spacial score (nSPS) is 18.0. The highest BCUT2D eigenvalue weighted by Gasteiger charge is 2.22. The van der Waals surface area contributed by atoms with Gasteiger partial charge in [-0.3, -0.25) is 9.71 Å². The highest BCUT2D eigenvalue weighted by Crippen LogP contribution is 2.38. The summed E-state index contributed by atoms with van der Waals surface area (Å²) >= 11 is 1.44. The molecule has 8 nitrogen and oxygen atoms in total. The van der Waals surface area contributed by atoms with Gasteiger partial charge >= 0.3 is 0 Å². The molecule has 1 aromatic heterocycles. The SMILES string of the molecule is COc1cc2c(Oc3ccc(NS(=O)(=O)C4=CSCC4)cc3F)ccnc2cc1OCCCN1CCCC(C)C1. The Kier molecular flexibility index (Phi) is 9.02. The maximum atomic E-state index is 15.0. The zero-order valence-electron chi connectivity index (χ0n) is 22.7. The minimum Gasteiger partial charge on any atom is -0.493 e. The second kappa shape index (κ2) is 12.7. The summed E-state index contributed by atoms with van der Waals surface area (Å²) in [6.07, 6.45) is 5.50. The number of pyridine rings is 1. The Morgan fingerprint density at radius 1 is 1.15 bits per heavy atom. The molecule has 0 saturated carbocycles. The number of benzene rings is 2. The number of halogens is 1. The third-order valence-corrected chi connectivity index (χ3v) is 9.59. The molecule has 11 heteroatoms. The molecule has 214 valence electrons. The number of ether oxygens (including phenoxy) is 3. The van der Waals surface area contributed by atoms with Gasteiger partial charge in [0.2, 0.25) is 0 Å². The van der Waals surface area contributed by atoms with E-state index in [4.69, 9.17) is 14.2 Å². The van der Waals surface area contributed by atoms with E-state index in [0.29, 0.717) is 51.8 Å². The quantitative estimate of drug-likeness (QED) is 0.258. The number of nitrogens with zero attached hydrogens (tertiary/aromatic N) is 2. The van der Waals surface area contributed by atoms with Crippen molar-refractivity contribution in [1.82, 2.24) is 9.88 Å². The highest BCUT2D eigenvalue weighted by atomic mass is 32.2. The van der Waals surface area contributed by atoms with Crippen molar-refractivity contribution in [2.45, 2.75) is 32.6 Å². The lowest BCUT2D eigenvalue weighted by molar-refractivity contribution is 0.169. The number of aromatic nitrogens is 1. The molecule has 5 rings (SSSR count). The Balaban J connectivity index is 1.27. The number of allylic oxidation sites excluding steroid dienone is 1. The molecular weight excluding hydrogens is 553 g/mol. The standard InChI is InChI=1S/C29H34FN3O5S2/c1-20-5-3-11-33(18-20)12-4-13-37-29-17-25-23(16-28(29)36-2)26(8-10-31-25)38-27-7-6-21(15-24(27)30)32-40(34,35)22-9-14-39-19-22/h6-8,10,15-17,19-20,32H,3-5,9,11-14,18H2,1-2H3. The molecule has 0 bridgehead atoms. The van der Waals surface area contributed by atoms with Crippen LogP contribution in [0.25, 0.3) is 10.9 Å². The molecule has 3 heterocycles. The van der Waals surface area contributed by atoms with Crippen LogP contribution in [0.2, 0.25) is 0 Å². The molecule has 40 heavy (non-hydrogen) atoms. The van der Waals surface area contributed by atoms with Gasteiger partial charge in [-0.15, -0.1) is 11.8 Å². The van der Waals surface area contributed by atoms with Crippen LogP contribution in [0.15, 0.2) is 52.9 Å². The van der Waals surface area contributed by atoms with E-state index in [9.17, 15) is 12.8 Å². The Morgan fingerprint density at radius 2 is 2.02 bits per heavy atom. The summed E-state index contributed by atoms with van der Waals surface area (Å²) in [7, 11) is -2.14. The van der Waals surface area contributed by atoms with Crippen LogP contribution in [-0.4, -0.2) is 57.4 Å². The largest absolute Gasteiger partial charge is 0.493 e. The van der Waals surface area contributed by atoms with Gasteiger partial charge < -0.3 is 19.1 Å². The third-order valence-electron chi connectivity index (χ3n) is 7.03. The number of likely N-dealkylation sites (tertiary alicyclic amines) is 1. The first-order valence-electron chi connectivity index (χ1n) is 13.4. The van der Waals surface area contributed by atoms with Crippen LogP contribution in [0.3, 0.4) is 0 Å². The molecule has 0 spiro atoms. The number of piperidine rings is 1. The van der Waals surface area contributed by atoms with Crippen molar-refractivity contribution in [3.05, 3.63) is 58.7 Å². The second-order valence-electron chi connectivity index (χ2n) is 10.1. The number of methoxy groups -OCH3 is 1. The predicted octanol–water partition coefficient (Wildman–Crippen LogP) is 6.40. The summed E-state index contributed by atoms with van der Waals surface area (Å²) < 4.78 is 60.0. The number of thioether (sulfide) groups is 1. The molecule has 2 aliphatic rings. The van der Waals surface area contributed by atoms with E-state index in [1.54, 1.807) is 36.9 Å². The molecule has 0 aliphatic carbocycles. The summed E-state index contributed by atoms with van der Waals surface area (Å²) in [6, 6.07) is 9.19. The van der Waals surface area contributed by atoms with Crippen molar-refractivity contribution in [2.75, 3.05) is 43.8 Å². The Bertz CT molecular complexity index is 1500. The average Bonchev–Trinajstić information content (AvgIpc) is 3.49. The minimum absolute atomic E-state index is 0.0441. The Hall–Kier alpha value is -3.02. The molecule has 1 fully saturated rings. The van der Waals surface area contributed by atoms with Gasteiger partial charge in [0.15, 0.2) is 23.1 Å². The maximum Gasteiger partial charge on any atom is 0.258 e. The summed E-state index contributed by atoms with van der Waals surface area (Å²) in [6.45, 7) is 6.14. The van der Waals surface area contributed by atoms with Crippen LogP contribution < -0.4 is 18.9 Å². The fraction of sp³-hybridized carbons (Fsp3) is 0.414. The Labute approximate surface area is 238 Å². The first kappa shape index (κ1) is 28.5. The summed E-state index contributed by atoms with van der Waals surface area (Å²) in [5.74, 6) is 2.22. The van der Waals surface area contributed by atoms with E-state index in [1.165, 1.54) is 36.7 Å². The molecule has 0 amide bonds. The van der Waals surface area contributed by atoms with Crippen molar-refractivity contribution in [3.8, 4) is 23.0 Å². The highest BCUT2D eigenvalue weighted by molar-refractivity contribution is 8.04. The van der Waals surface area contributed by atoms with Crippen LogP contribution >= 0.6 is 11.8 Å². The monoisotopic (exact) mass is 587 g/mol. The number of hydrogen-bond acceptors (Lipinski definition) is 8. The summed E-state index contributed by atoms with van der Waals surface area (Å²) in [5, 5.41) is 2.25. The number of fused-ring (bicyclic) bond motifs is 1. The van der Waals surface area contributed by atoms with Gasteiger partial charge in [-0.25, -0.2) is 12.8 Å². The van der Waals surface area contributed by atoms with Crippen molar-refractivity contribution in [3.63, 3.8) is 0 Å². The Morgan fingerprint density at radius 3 is 2.77 bits per heavy atom. The van der Waals surface area contributed by atoms with Crippen molar-refractivity contribution < 1.29 is 27.0 Å². The average molecular weight is 588 g/mol. The molecule has 3 aromatic rings. The molecule has 1 atom stereocenters. The second-order valence-corrected chi connectivity index (χ2v) is 12.8. The molecule has 0 radical (unpaired) electrons. The van der Waals surface area contributed by atoms with Gasteiger partial charge in [0.05, 0.1) is 29.8 Å². The van der Waals surface area contributed by atoms with E-state index in [-0.39, 0.29) is 11.4 Å². The number of rotatable bonds is 11. The van der Waals surface area contributed by atoms with Crippen LogP contribution in [0.4, 0.5) is 10.1 Å². The van der Waals surface area contributed by atoms with Gasteiger partial charge in [-0.05, 0) is 67.8 Å². The number of anilines is 1. The number of nitrogens with one attached hydrogen (secondary N) is 1. The fourth-order valence-corrected chi connectivity index (χ4v) is 7.54. The van der Waals surface area contributed by atoms with Gasteiger partial charge in [0.25, 0.3) is 10.0 Å². The zero-order chi connectivity index (χ0) is 28.1. The lowest BCUT2D eigenvalue weighted by atomic mass is 10.0. The number of hydrogen-bond donors (Lipinski definition) is 1. The topological polar surface area (TPSA) is 90.0 Å². The van der Waals surface area contributed by atoms with E-state index in [0.717, 1.165) is 38.0 Å². The lowest BCUT2D eigenvalue weighted by Gasteiger charge is -2.30. The van der Waals surface area contributed by atoms with Gasteiger partial charge in [0, 0.05) is 42.6 Å². The number of sulfonamides is 1. The maximum absolute atomic E-state index is 15.0. The van der Waals surface area contributed by atoms with Gasteiger partial charge in [0.1, 0.15) is 5.75 Å². The van der Waals surface area contributed by atoms with Crippen LogP contribution in [0.5, 0.6) is 23.0 Å². The van der Waals surface area contributed by atoms with Crippen LogP contribution in [0.1, 0.15) is 32.6 Å². The van der Waals surface area contributed by atoms with E-state index >= 15 is 0 Å². The van der Waals surface area contributed by atoms with E-state index in [2.05, 4.69) is 21.5 Å². The van der Waals surface area contributed by atoms with Crippen molar-refractivity contribution in [1.29, 1.82) is 0 Å². The summed E-state index contributed by atoms with van der Waals surface area (Å²) in [5.41, 5.74) is 0.742. The van der Waals surface area contributed by atoms with Crippen LogP contribution in [0, 0.1) is 11.7 Å². The molecule has 2 aliphatic heterocycles. The lowest BCUT2D eigenvalue weighted by Crippen LogP contribution is -2.35. The molecule has 1 unspecified atom stereocenters. The van der Waals surface area contributed by atoms with Gasteiger partial charge in [-0.1, -0.05) is 6.92 Å². The molecule has 2 aromatic carbocycles. The minimum atomic E-state index is -3.71. The molecular formula is C29H34FN3O5S2. The van der Waals surface area contributed by atoms with Crippen molar-refractivity contribution in [2.24, 2.45) is 5.92 Å². The third kappa shape index (κ3) is 6.82. The van der Waals surface area contributed by atoms with E-state index in [1.807, 2.05) is 0 Å².